The first kappa shape index (κ1) is 22.2. The summed E-state index contributed by atoms with van der Waals surface area (Å²) in [6.07, 6.45) is 0. The van der Waals surface area contributed by atoms with Crippen LogP contribution >= 0.6 is 11.6 Å². The van der Waals surface area contributed by atoms with Crippen molar-refractivity contribution >= 4 is 34.8 Å². The Morgan fingerprint density at radius 2 is 1.72 bits per heavy atom. The normalized spacial score (nSPS) is 11.6. The molecule has 0 heterocycles. The molecular weight excluding hydrogens is 396 g/mol. The van der Waals surface area contributed by atoms with Gasteiger partial charge in [-0.1, -0.05) is 37.6 Å². The van der Waals surface area contributed by atoms with E-state index in [-0.39, 0.29) is 17.5 Å². The summed E-state index contributed by atoms with van der Waals surface area (Å²) in [5, 5.41) is 19.5. The second-order valence-corrected chi connectivity index (χ2v) is 7.10. The van der Waals surface area contributed by atoms with Gasteiger partial charge in [0.1, 0.15) is 6.04 Å². The zero-order valence-corrected chi connectivity index (χ0v) is 16.9. The maximum absolute atomic E-state index is 12.5. The van der Waals surface area contributed by atoms with Gasteiger partial charge >= 0.3 is 0 Å². The molecule has 0 spiro atoms. The molecule has 29 heavy (non-hydrogen) atoms. The van der Waals surface area contributed by atoms with Crippen molar-refractivity contribution in [3.8, 4) is 0 Å². The highest BCUT2D eigenvalue weighted by Crippen LogP contribution is 2.16. The van der Waals surface area contributed by atoms with Crippen molar-refractivity contribution in [1.82, 2.24) is 10.6 Å². The molecule has 8 nitrogen and oxygen atoms in total. The molecule has 0 radical (unpaired) electrons. The highest BCUT2D eigenvalue weighted by Gasteiger charge is 2.25. The number of rotatable bonds is 9. The summed E-state index contributed by atoms with van der Waals surface area (Å²) < 4.78 is 0. The third-order valence-electron chi connectivity index (χ3n) is 4.19. The van der Waals surface area contributed by atoms with Gasteiger partial charge in [0.25, 0.3) is 11.6 Å². The van der Waals surface area contributed by atoms with Crippen LogP contribution < -0.4 is 16.0 Å². The monoisotopic (exact) mass is 418 g/mol. The third kappa shape index (κ3) is 6.46. The van der Waals surface area contributed by atoms with Crippen LogP contribution in [0.5, 0.6) is 0 Å². The summed E-state index contributed by atoms with van der Waals surface area (Å²) in [6.45, 7) is 4.42. The lowest BCUT2D eigenvalue weighted by Crippen LogP contribution is -2.50. The van der Waals surface area contributed by atoms with Crippen LogP contribution in [0.1, 0.15) is 24.2 Å². The maximum Gasteiger partial charge on any atom is 0.269 e. The minimum absolute atomic E-state index is 0.0119. The Balaban J connectivity index is 1.85. The van der Waals surface area contributed by atoms with E-state index in [1.54, 1.807) is 36.4 Å². The number of benzene rings is 2. The largest absolute Gasteiger partial charge is 0.383 e. The molecule has 9 heteroatoms. The number of amides is 2. The molecule has 3 N–H and O–H groups in total. The minimum atomic E-state index is -0.710. The van der Waals surface area contributed by atoms with Gasteiger partial charge in [0.2, 0.25) is 5.91 Å². The quantitative estimate of drug-likeness (QED) is 0.328. The van der Waals surface area contributed by atoms with Gasteiger partial charge in [-0.25, -0.2) is 0 Å². The molecule has 0 aliphatic carbocycles. The van der Waals surface area contributed by atoms with Crippen molar-refractivity contribution in [1.29, 1.82) is 0 Å². The fourth-order valence-electron chi connectivity index (χ4n) is 2.60. The molecule has 0 unspecified atom stereocenters. The molecule has 0 saturated heterocycles. The number of halogens is 1. The van der Waals surface area contributed by atoms with E-state index in [1.165, 1.54) is 12.1 Å². The van der Waals surface area contributed by atoms with Gasteiger partial charge in [-0.3, -0.25) is 19.7 Å². The predicted molar refractivity (Wildman–Crippen MR) is 112 cm³/mol. The number of nitrogens with one attached hydrogen (secondary N) is 3. The maximum atomic E-state index is 12.5. The standard InChI is InChI=1S/C20H23ClN4O4/c1-13(2)18(24-19(26)16-5-3-4-6-17(16)21)20(27)23-12-11-22-14-7-9-15(10-8-14)25(28)29/h3-10,13,18,22H,11-12H2,1-2H3,(H,23,27)(H,24,26)/t18-/m0/s1. The molecular formula is C20H23ClN4O4. The average Bonchev–Trinajstić information content (AvgIpc) is 2.69. The third-order valence-corrected chi connectivity index (χ3v) is 4.52. The summed E-state index contributed by atoms with van der Waals surface area (Å²) >= 11 is 6.04. The number of carbonyl (C=O) groups excluding carboxylic acids is 2. The zero-order valence-electron chi connectivity index (χ0n) is 16.1. The molecule has 154 valence electrons. The topological polar surface area (TPSA) is 113 Å². The second-order valence-electron chi connectivity index (χ2n) is 6.70. The van der Waals surface area contributed by atoms with E-state index in [0.717, 1.165) is 0 Å². The fourth-order valence-corrected chi connectivity index (χ4v) is 2.82. The molecule has 0 bridgehead atoms. The van der Waals surface area contributed by atoms with Crippen LogP contribution in [0.15, 0.2) is 48.5 Å². The average molecular weight is 419 g/mol. The van der Waals surface area contributed by atoms with E-state index < -0.39 is 16.9 Å². The van der Waals surface area contributed by atoms with Gasteiger partial charge in [0.05, 0.1) is 15.5 Å². The van der Waals surface area contributed by atoms with E-state index in [9.17, 15) is 19.7 Å². The Labute approximate surface area is 173 Å². The van der Waals surface area contributed by atoms with E-state index in [4.69, 9.17) is 11.6 Å². The van der Waals surface area contributed by atoms with E-state index >= 15 is 0 Å². The van der Waals surface area contributed by atoms with Crippen LogP contribution in [0.3, 0.4) is 0 Å². The molecule has 2 aromatic rings. The molecule has 0 saturated carbocycles. The van der Waals surface area contributed by atoms with Gasteiger partial charge in [-0.15, -0.1) is 0 Å². The summed E-state index contributed by atoms with van der Waals surface area (Å²) in [6, 6.07) is 11.9. The lowest BCUT2D eigenvalue weighted by Gasteiger charge is -2.22. The van der Waals surface area contributed by atoms with Crippen LogP contribution in [0.4, 0.5) is 11.4 Å². The Morgan fingerprint density at radius 1 is 1.07 bits per heavy atom. The summed E-state index contributed by atoms with van der Waals surface area (Å²) in [5.41, 5.74) is 1.03. The van der Waals surface area contributed by atoms with Crippen molar-refractivity contribution in [3.63, 3.8) is 0 Å². The number of non-ortho nitro benzene ring substituents is 1. The first-order chi connectivity index (χ1) is 13.8. The van der Waals surface area contributed by atoms with E-state index in [1.807, 2.05) is 13.8 Å². The molecule has 0 aliphatic rings. The number of nitro groups is 1. The SMILES string of the molecule is CC(C)[C@H](NC(=O)c1ccccc1Cl)C(=O)NCCNc1ccc([N+](=O)[O-])cc1. The highest BCUT2D eigenvalue weighted by molar-refractivity contribution is 6.33. The number of carbonyl (C=O) groups is 2. The van der Waals surface area contributed by atoms with Crippen molar-refractivity contribution in [2.75, 3.05) is 18.4 Å². The van der Waals surface area contributed by atoms with Gasteiger partial charge in [-0.05, 0) is 30.2 Å². The van der Waals surface area contributed by atoms with Gasteiger partial charge in [0.15, 0.2) is 0 Å². The number of hydrogen-bond donors (Lipinski definition) is 3. The van der Waals surface area contributed by atoms with Crippen LogP contribution in [0.25, 0.3) is 0 Å². The lowest BCUT2D eigenvalue weighted by molar-refractivity contribution is -0.384. The first-order valence-corrected chi connectivity index (χ1v) is 9.49. The second kappa shape index (κ2) is 10.4. The first-order valence-electron chi connectivity index (χ1n) is 9.11. The molecule has 0 fully saturated rings. The zero-order chi connectivity index (χ0) is 21.4. The Kier molecular flexibility index (Phi) is 7.97. The van der Waals surface area contributed by atoms with Crippen molar-refractivity contribution in [2.24, 2.45) is 5.92 Å². The lowest BCUT2D eigenvalue weighted by atomic mass is 10.0. The van der Waals surface area contributed by atoms with E-state index in [2.05, 4.69) is 16.0 Å². The van der Waals surface area contributed by atoms with Crippen molar-refractivity contribution in [2.45, 2.75) is 19.9 Å². The smallest absolute Gasteiger partial charge is 0.269 e. The van der Waals surface area contributed by atoms with Crippen molar-refractivity contribution in [3.05, 3.63) is 69.2 Å². The molecule has 2 rings (SSSR count). The number of anilines is 1. The highest BCUT2D eigenvalue weighted by atomic mass is 35.5. The van der Waals surface area contributed by atoms with Crippen LogP contribution in [0, 0.1) is 16.0 Å². The van der Waals surface area contributed by atoms with Gasteiger partial charge in [0, 0.05) is 30.9 Å². The minimum Gasteiger partial charge on any atom is -0.383 e. The number of nitro benzene ring substituents is 1. The summed E-state index contributed by atoms with van der Waals surface area (Å²) in [5.74, 6) is -0.830. The van der Waals surface area contributed by atoms with Crippen molar-refractivity contribution < 1.29 is 14.5 Å². The Bertz CT molecular complexity index is 871. The van der Waals surface area contributed by atoms with Gasteiger partial charge in [-0.2, -0.15) is 0 Å². The number of hydrogen-bond acceptors (Lipinski definition) is 5. The molecule has 0 aliphatic heterocycles. The van der Waals surface area contributed by atoms with Gasteiger partial charge < -0.3 is 16.0 Å². The van der Waals surface area contributed by atoms with Crippen LogP contribution in [-0.2, 0) is 4.79 Å². The summed E-state index contributed by atoms with van der Waals surface area (Å²) in [7, 11) is 0. The molecule has 2 aromatic carbocycles. The molecule has 2 amide bonds. The van der Waals surface area contributed by atoms with Crippen LogP contribution in [0.2, 0.25) is 5.02 Å². The number of nitrogens with zero attached hydrogens (tertiary/aromatic N) is 1. The fraction of sp³-hybridized carbons (Fsp3) is 0.300. The Hall–Kier alpha value is -3.13. The predicted octanol–water partition coefficient (Wildman–Crippen LogP) is 3.23. The van der Waals surface area contributed by atoms with Crippen LogP contribution in [-0.4, -0.2) is 35.9 Å². The summed E-state index contributed by atoms with van der Waals surface area (Å²) in [4.78, 5) is 35.1. The molecule has 1 atom stereocenters. The molecule has 0 aromatic heterocycles. The van der Waals surface area contributed by atoms with E-state index in [0.29, 0.717) is 29.4 Å². The Morgan fingerprint density at radius 3 is 2.31 bits per heavy atom.